The van der Waals surface area contributed by atoms with E-state index in [1.54, 1.807) is 36.0 Å². The van der Waals surface area contributed by atoms with Crippen LogP contribution in [0, 0.1) is 0 Å². The van der Waals surface area contributed by atoms with Crippen molar-refractivity contribution < 1.29 is 8.42 Å². The molecule has 1 heterocycles. The SMILES string of the molecule is O=S(=O)(c1ccccc1Cl)N1CCSc2ccccc21. The van der Waals surface area contributed by atoms with Crippen LogP contribution in [0.5, 0.6) is 0 Å². The zero-order valence-corrected chi connectivity index (χ0v) is 12.9. The van der Waals surface area contributed by atoms with E-state index in [-0.39, 0.29) is 9.92 Å². The van der Waals surface area contributed by atoms with Crippen molar-refractivity contribution in [1.82, 2.24) is 0 Å². The van der Waals surface area contributed by atoms with Gasteiger partial charge in [-0.05, 0) is 24.3 Å². The van der Waals surface area contributed by atoms with Crippen molar-refractivity contribution in [3.8, 4) is 0 Å². The van der Waals surface area contributed by atoms with Crippen LogP contribution >= 0.6 is 23.4 Å². The lowest BCUT2D eigenvalue weighted by Gasteiger charge is -2.30. The van der Waals surface area contributed by atoms with Gasteiger partial charge >= 0.3 is 0 Å². The third-order valence-electron chi connectivity index (χ3n) is 3.09. The van der Waals surface area contributed by atoms with Gasteiger partial charge in [-0.1, -0.05) is 35.9 Å². The number of halogens is 1. The van der Waals surface area contributed by atoms with E-state index in [1.807, 2.05) is 24.3 Å². The lowest BCUT2D eigenvalue weighted by atomic mass is 10.3. The Labute approximate surface area is 127 Å². The first-order valence-electron chi connectivity index (χ1n) is 6.10. The average molecular weight is 326 g/mol. The number of nitrogens with zero attached hydrogens (tertiary/aromatic N) is 1. The molecule has 3 rings (SSSR count). The minimum atomic E-state index is -3.62. The van der Waals surface area contributed by atoms with Crippen molar-refractivity contribution in [1.29, 1.82) is 0 Å². The molecule has 0 aromatic heterocycles. The minimum Gasteiger partial charge on any atom is -0.264 e. The fourth-order valence-electron chi connectivity index (χ4n) is 2.17. The van der Waals surface area contributed by atoms with Crippen molar-refractivity contribution in [2.75, 3.05) is 16.6 Å². The van der Waals surface area contributed by atoms with Crippen LogP contribution in [-0.4, -0.2) is 20.7 Å². The third kappa shape index (κ3) is 2.30. The van der Waals surface area contributed by atoms with E-state index >= 15 is 0 Å². The summed E-state index contributed by atoms with van der Waals surface area (Å²) >= 11 is 7.71. The van der Waals surface area contributed by atoms with Crippen LogP contribution in [0.1, 0.15) is 0 Å². The quantitative estimate of drug-likeness (QED) is 0.846. The number of hydrogen-bond donors (Lipinski definition) is 0. The number of benzene rings is 2. The van der Waals surface area contributed by atoms with Crippen LogP contribution < -0.4 is 4.31 Å². The number of hydrogen-bond acceptors (Lipinski definition) is 3. The maximum absolute atomic E-state index is 12.8. The molecule has 1 aliphatic rings. The molecule has 104 valence electrons. The zero-order chi connectivity index (χ0) is 14.2. The number of para-hydroxylation sites is 1. The Bertz CT molecular complexity index is 746. The van der Waals surface area contributed by atoms with Gasteiger partial charge < -0.3 is 0 Å². The molecule has 0 N–H and O–H groups in total. The highest BCUT2D eigenvalue weighted by Gasteiger charge is 2.30. The van der Waals surface area contributed by atoms with E-state index in [2.05, 4.69) is 0 Å². The molecule has 2 aromatic rings. The number of anilines is 1. The molecule has 0 spiro atoms. The van der Waals surface area contributed by atoms with E-state index in [0.717, 1.165) is 16.3 Å². The summed E-state index contributed by atoms with van der Waals surface area (Å²) in [5, 5.41) is 0.253. The molecule has 0 saturated carbocycles. The normalized spacial score (nSPS) is 14.9. The molecular weight excluding hydrogens is 314 g/mol. The van der Waals surface area contributed by atoms with Crippen LogP contribution in [0.3, 0.4) is 0 Å². The molecule has 0 amide bonds. The van der Waals surface area contributed by atoms with E-state index < -0.39 is 10.0 Å². The molecule has 0 bridgehead atoms. The predicted octanol–water partition coefficient (Wildman–Crippen LogP) is 3.64. The summed E-state index contributed by atoms with van der Waals surface area (Å²) in [5.74, 6) is 0.737. The van der Waals surface area contributed by atoms with Gasteiger partial charge in [-0.25, -0.2) is 8.42 Å². The van der Waals surface area contributed by atoms with Crippen LogP contribution in [0.4, 0.5) is 5.69 Å². The van der Waals surface area contributed by atoms with Gasteiger partial charge in [-0.3, -0.25) is 4.31 Å². The number of sulfonamides is 1. The van der Waals surface area contributed by atoms with E-state index in [4.69, 9.17) is 11.6 Å². The summed E-state index contributed by atoms with van der Waals surface area (Å²) < 4.78 is 27.1. The fourth-order valence-corrected chi connectivity index (χ4v) is 5.32. The lowest BCUT2D eigenvalue weighted by Crippen LogP contribution is -2.35. The van der Waals surface area contributed by atoms with Gasteiger partial charge in [0.2, 0.25) is 0 Å². The van der Waals surface area contributed by atoms with Crippen molar-refractivity contribution in [2.45, 2.75) is 9.79 Å². The Morgan fingerprint density at radius 2 is 1.75 bits per heavy atom. The predicted molar refractivity (Wildman–Crippen MR) is 83.1 cm³/mol. The summed E-state index contributed by atoms with van der Waals surface area (Å²) in [7, 11) is -3.62. The molecule has 1 aliphatic heterocycles. The summed E-state index contributed by atoms with van der Waals surface area (Å²) in [6.07, 6.45) is 0. The Balaban J connectivity index is 2.13. The third-order valence-corrected chi connectivity index (χ3v) is 6.45. The second-order valence-electron chi connectivity index (χ2n) is 4.32. The average Bonchev–Trinajstić information content (AvgIpc) is 2.47. The van der Waals surface area contributed by atoms with Crippen LogP contribution in [0.25, 0.3) is 0 Å². The topological polar surface area (TPSA) is 37.4 Å². The Morgan fingerprint density at radius 1 is 1.05 bits per heavy atom. The molecule has 6 heteroatoms. The van der Waals surface area contributed by atoms with Gasteiger partial charge in [-0.2, -0.15) is 0 Å². The number of thioether (sulfide) groups is 1. The molecule has 0 fully saturated rings. The highest BCUT2D eigenvalue weighted by atomic mass is 35.5. The van der Waals surface area contributed by atoms with Crippen molar-refractivity contribution in [2.24, 2.45) is 0 Å². The molecule has 0 unspecified atom stereocenters. The van der Waals surface area contributed by atoms with Gasteiger partial charge in [-0.15, -0.1) is 11.8 Å². The van der Waals surface area contributed by atoms with Crippen molar-refractivity contribution in [3.05, 3.63) is 53.6 Å². The fraction of sp³-hybridized carbons (Fsp3) is 0.143. The minimum absolute atomic E-state index is 0.156. The summed E-state index contributed by atoms with van der Waals surface area (Å²) in [6.45, 7) is 0.454. The maximum atomic E-state index is 12.8. The molecule has 20 heavy (non-hydrogen) atoms. The second kappa shape index (κ2) is 5.31. The van der Waals surface area contributed by atoms with Gasteiger partial charge in [0.25, 0.3) is 10.0 Å². The summed E-state index contributed by atoms with van der Waals surface area (Å²) in [6, 6.07) is 14.1. The van der Waals surface area contributed by atoms with Crippen molar-refractivity contribution in [3.63, 3.8) is 0 Å². The summed E-state index contributed by atoms with van der Waals surface area (Å²) in [4.78, 5) is 1.14. The molecular formula is C14H12ClNO2S2. The first-order chi connectivity index (χ1) is 9.60. The zero-order valence-electron chi connectivity index (χ0n) is 10.5. The Kier molecular flexibility index (Phi) is 3.67. The second-order valence-corrected chi connectivity index (χ2v) is 7.70. The Morgan fingerprint density at radius 3 is 2.55 bits per heavy atom. The molecule has 0 radical (unpaired) electrons. The molecule has 0 aliphatic carbocycles. The van der Waals surface area contributed by atoms with Crippen LogP contribution in [0.2, 0.25) is 5.02 Å². The monoisotopic (exact) mass is 325 g/mol. The van der Waals surface area contributed by atoms with Crippen molar-refractivity contribution >= 4 is 39.1 Å². The smallest absolute Gasteiger partial charge is 0.264 e. The molecule has 0 saturated heterocycles. The lowest BCUT2D eigenvalue weighted by molar-refractivity contribution is 0.591. The highest BCUT2D eigenvalue weighted by Crippen LogP contribution is 2.38. The first-order valence-corrected chi connectivity index (χ1v) is 8.90. The van der Waals surface area contributed by atoms with Gasteiger partial charge in [0, 0.05) is 17.2 Å². The van der Waals surface area contributed by atoms with Crippen LogP contribution in [-0.2, 0) is 10.0 Å². The van der Waals surface area contributed by atoms with Crippen LogP contribution in [0.15, 0.2) is 58.3 Å². The van der Waals surface area contributed by atoms with E-state index in [0.29, 0.717) is 6.54 Å². The largest absolute Gasteiger partial charge is 0.265 e. The van der Waals surface area contributed by atoms with Gasteiger partial charge in [0.1, 0.15) is 4.90 Å². The number of rotatable bonds is 2. The highest BCUT2D eigenvalue weighted by molar-refractivity contribution is 8.00. The van der Waals surface area contributed by atoms with E-state index in [1.165, 1.54) is 4.31 Å². The standard InChI is InChI=1S/C14H12ClNO2S2/c15-11-5-1-4-8-14(11)20(17,18)16-9-10-19-13-7-3-2-6-12(13)16/h1-8H,9-10H2. The van der Waals surface area contributed by atoms with Gasteiger partial charge in [0.15, 0.2) is 0 Å². The van der Waals surface area contributed by atoms with E-state index in [9.17, 15) is 8.42 Å². The molecule has 2 aromatic carbocycles. The molecule has 3 nitrogen and oxygen atoms in total. The maximum Gasteiger partial charge on any atom is 0.265 e. The molecule has 0 atom stereocenters. The summed E-state index contributed by atoms with van der Waals surface area (Å²) in [5.41, 5.74) is 0.726. The number of fused-ring (bicyclic) bond motifs is 1. The Hall–Kier alpha value is -1.17. The first kappa shape index (κ1) is 13.8. The van der Waals surface area contributed by atoms with Gasteiger partial charge in [0.05, 0.1) is 10.7 Å².